The van der Waals surface area contributed by atoms with Crippen molar-refractivity contribution >= 4 is 21.8 Å². The molecule has 0 bridgehead atoms. The van der Waals surface area contributed by atoms with Crippen molar-refractivity contribution in [3.63, 3.8) is 0 Å². The minimum absolute atomic E-state index is 0.608. The molecule has 0 aromatic heterocycles. The third-order valence-electron chi connectivity index (χ3n) is 3.04. The van der Waals surface area contributed by atoms with Gasteiger partial charge in [0.2, 0.25) is 0 Å². The van der Waals surface area contributed by atoms with E-state index >= 15 is 0 Å². The molecule has 0 amide bonds. The molecule has 1 aromatic carbocycles. The van der Waals surface area contributed by atoms with Gasteiger partial charge in [0.05, 0.1) is 5.69 Å². The SMILES string of the molecule is BrNc1ccccc1C#CC1CCCCC1. The summed E-state index contributed by atoms with van der Waals surface area (Å²) >= 11 is 3.26. The van der Waals surface area contributed by atoms with Gasteiger partial charge < -0.3 is 4.34 Å². The van der Waals surface area contributed by atoms with Crippen LogP contribution in [0.25, 0.3) is 0 Å². The first-order chi connectivity index (χ1) is 7.90. The van der Waals surface area contributed by atoms with Crippen LogP contribution >= 0.6 is 16.1 Å². The molecule has 0 spiro atoms. The molecule has 1 saturated carbocycles. The second-order valence-corrected chi connectivity index (χ2v) is 4.64. The highest BCUT2D eigenvalue weighted by atomic mass is 79.9. The third-order valence-corrected chi connectivity index (χ3v) is 3.47. The van der Waals surface area contributed by atoms with Crippen LogP contribution in [0.3, 0.4) is 0 Å². The molecular formula is C14H16BrN. The van der Waals surface area contributed by atoms with Crippen molar-refractivity contribution < 1.29 is 0 Å². The maximum atomic E-state index is 3.40. The lowest BCUT2D eigenvalue weighted by atomic mass is 9.89. The largest absolute Gasteiger partial charge is 0.321 e. The van der Waals surface area contributed by atoms with Gasteiger partial charge in [-0.25, -0.2) is 0 Å². The van der Waals surface area contributed by atoms with Gasteiger partial charge in [-0.3, -0.25) is 0 Å². The Morgan fingerprint density at radius 1 is 1.12 bits per heavy atom. The molecule has 84 valence electrons. The maximum absolute atomic E-state index is 3.40. The van der Waals surface area contributed by atoms with Crippen LogP contribution in [0.4, 0.5) is 5.69 Å². The summed E-state index contributed by atoms with van der Waals surface area (Å²) in [6, 6.07) is 8.12. The van der Waals surface area contributed by atoms with Crippen LogP contribution in [0.1, 0.15) is 37.7 Å². The molecule has 1 aliphatic rings. The van der Waals surface area contributed by atoms with Crippen LogP contribution in [0.2, 0.25) is 0 Å². The van der Waals surface area contributed by atoms with E-state index in [0.717, 1.165) is 11.3 Å². The molecule has 1 aromatic rings. The number of para-hydroxylation sites is 1. The van der Waals surface area contributed by atoms with E-state index in [1.54, 1.807) is 0 Å². The quantitative estimate of drug-likeness (QED) is 0.595. The van der Waals surface area contributed by atoms with Gasteiger partial charge in [-0.15, -0.1) is 0 Å². The van der Waals surface area contributed by atoms with E-state index in [4.69, 9.17) is 0 Å². The van der Waals surface area contributed by atoms with E-state index in [1.165, 1.54) is 32.1 Å². The highest BCUT2D eigenvalue weighted by Crippen LogP contribution is 2.23. The average Bonchev–Trinajstić information content (AvgIpc) is 2.38. The molecule has 0 radical (unpaired) electrons. The van der Waals surface area contributed by atoms with Crippen LogP contribution in [0.5, 0.6) is 0 Å². The van der Waals surface area contributed by atoms with Gasteiger partial charge in [0.1, 0.15) is 0 Å². The summed E-state index contributed by atoms with van der Waals surface area (Å²) < 4.78 is 2.99. The Labute approximate surface area is 106 Å². The summed E-state index contributed by atoms with van der Waals surface area (Å²) in [5.41, 5.74) is 2.12. The molecule has 0 heterocycles. The molecule has 0 unspecified atom stereocenters. The zero-order chi connectivity index (χ0) is 11.2. The fourth-order valence-electron chi connectivity index (χ4n) is 2.10. The van der Waals surface area contributed by atoms with Crippen molar-refractivity contribution in [1.29, 1.82) is 0 Å². The molecule has 1 N–H and O–H groups in total. The Morgan fingerprint density at radius 3 is 2.62 bits per heavy atom. The van der Waals surface area contributed by atoms with Crippen LogP contribution in [-0.2, 0) is 0 Å². The Bertz CT molecular complexity index is 397. The number of benzene rings is 1. The van der Waals surface area contributed by atoms with Gasteiger partial charge in [0, 0.05) is 27.6 Å². The van der Waals surface area contributed by atoms with Crippen LogP contribution in [0, 0.1) is 17.8 Å². The summed E-state index contributed by atoms with van der Waals surface area (Å²) in [6.45, 7) is 0. The molecule has 0 aliphatic heterocycles. The average molecular weight is 278 g/mol. The van der Waals surface area contributed by atoms with Gasteiger partial charge >= 0.3 is 0 Å². The van der Waals surface area contributed by atoms with Gasteiger partial charge in [-0.1, -0.05) is 43.2 Å². The number of hydrogen-bond donors (Lipinski definition) is 1. The maximum Gasteiger partial charge on any atom is 0.0598 e. The molecule has 0 atom stereocenters. The molecular weight excluding hydrogens is 262 g/mol. The lowest BCUT2D eigenvalue weighted by Crippen LogP contribution is -2.03. The monoisotopic (exact) mass is 277 g/mol. The number of halogens is 1. The Hall–Kier alpha value is -0.940. The van der Waals surface area contributed by atoms with Gasteiger partial charge in [-0.2, -0.15) is 0 Å². The van der Waals surface area contributed by atoms with E-state index < -0.39 is 0 Å². The Balaban J connectivity index is 2.10. The number of rotatable bonds is 1. The predicted molar refractivity (Wildman–Crippen MR) is 72.4 cm³/mol. The molecule has 16 heavy (non-hydrogen) atoms. The zero-order valence-electron chi connectivity index (χ0n) is 9.30. The van der Waals surface area contributed by atoms with Crippen LogP contribution in [-0.4, -0.2) is 0 Å². The van der Waals surface area contributed by atoms with E-state index in [1.807, 2.05) is 18.2 Å². The summed E-state index contributed by atoms with van der Waals surface area (Å²) in [7, 11) is 0. The summed E-state index contributed by atoms with van der Waals surface area (Å²) in [5, 5.41) is 0. The Kier molecular flexibility index (Phi) is 4.30. The number of nitrogens with one attached hydrogen (secondary N) is 1. The zero-order valence-corrected chi connectivity index (χ0v) is 10.9. The molecule has 0 saturated heterocycles. The lowest BCUT2D eigenvalue weighted by molar-refractivity contribution is 0.430. The van der Waals surface area contributed by atoms with E-state index in [0.29, 0.717) is 5.92 Å². The van der Waals surface area contributed by atoms with Crippen molar-refractivity contribution in [2.24, 2.45) is 5.92 Å². The highest BCUT2D eigenvalue weighted by molar-refractivity contribution is 9.10. The first kappa shape index (κ1) is 11.5. The minimum Gasteiger partial charge on any atom is -0.321 e. The van der Waals surface area contributed by atoms with E-state index in [9.17, 15) is 0 Å². The normalized spacial score (nSPS) is 16.3. The summed E-state index contributed by atoms with van der Waals surface area (Å²) in [4.78, 5) is 0. The Morgan fingerprint density at radius 2 is 1.88 bits per heavy atom. The standard InChI is InChI=1S/C14H16BrN/c15-16-14-9-5-4-8-13(14)11-10-12-6-2-1-3-7-12/h4-5,8-9,12,16H,1-3,6-7H2. The summed E-state index contributed by atoms with van der Waals surface area (Å²) in [5.74, 6) is 7.30. The second kappa shape index (κ2) is 5.96. The first-order valence-electron chi connectivity index (χ1n) is 5.87. The predicted octanol–water partition coefficient (Wildman–Crippen LogP) is 4.34. The summed E-state index contributed by atoms with van der Waals surface area (Å²) in [6.07, 6.45) is 6.63. The molecule has 2 heteroatoms. The smallest absolute Gasteiger partial charge is 0.0598 e. The minimum atomic E-state index is 0.608. The van der Waals surface area contributed by atoms with Crippen LogP contribution in [0.15, 0.2) is 24.3 Å². The molecule has 1 aliphatic carbocycles. The third kappa shape index (κ3) is 3.02. The van der Waals surface area contributed by atoms with E-state index in [-0.39, 0.29) is 0 Å². The fraction of sp³-hybridized carbons (Fsp3) is 0.429. The highest BCUT2D eigenvalue weighted by Gasteiger charge is 2.09. The van der Waals surface area contributed by atoms with E-state index in [2.05, 4.69) is 38.4 Å². The number of anilines is 1. The first-order valence-corrected chi connectivity index (χ1v) is 6.66. The van der Waals surface area contributed by atoms with Crippen molar-refractivity contribution in [2.45, 2.75) is 32.1 Å². The molecule has 1 fully saturated rings. The van der Waals surface area contributed by atoms with Gasteiger partial charge in [0.25, 0.3) is 0 Å². The topological polar surface area (TPSA) is 12.0 Å². The number of hydrogen-bond acceptors (Lipinski definition) is 1. The van der Waals surface area contributed by atoms with Crippen molar-refractivity contribution in [3.05, 3.63) is 29.8 Å². The van der Waals surface area contributed by atoms with Crippen molar-refractivity contribution in [1.82, 2.24) is 0 Å². The fourth-order valence-corrected chi connectivity index (χ4v) is 2.45. The molecule has 1 nitrogen and oxygen atoms in total. The lowest BCUT2D eigenvalue weighted by Gasteiger charge is -2.15. The van der Waals surface area contributed by atoms with Crippen molar-refractivity contribution in [3.8, 4) is 11.8 Å². The van der Waals surface area contributed by atoms with Gasteiger partial charge in [-0.05, 0) is 25.0 Å². The van der Waals surface area contributed by atoms with Gasteiger partial charge in [0.15, 0.2) is 0 Å². The van der Waals surface area contributed by atoms with Crippen LogP contribution < -0.4 is 4.34 Å². The molecule has 2 rings (SSSR count). The van der Waals surface area contributed by atoms with Crippen molar-refractivity contribution in [2.75, 3.05) is 4.34 Å². The second-order valence-electron chi connectivity index (χ2n) is 4.24.